The molecule has 0 aromatic rings. The van der Waals surface area contributed by atoms with Crippen LogP contribution >= 0.6 is 0 Å². The molecule has 1 aliphatic rings. The molecule has 0 spiro atoms. The van der Waals surface area contributed by atoms with Crippen molar-refractivity contribution in [1.29, 1.82) is 0 Å². The smallest absolute Gasteiger partial charge is 0.167 e. The topological polar surface area (TPSA) is 18.5 Å². The summed E-state index contributed by atoms with van der Waals surface area (Å²) in [5.41, 5.74) is 1.54. The summed E-state index contributed by atoms with van der Waals surface area (Å²) in [5.74, 6) is -0.164. The highest BCUT2D eigenvalue weighted by molar-refractivity contribution is 6.41. The minimum absolute atomic E-state index is 0.0212. The number of methoxy groups -OCH3 is 2. The van der Waals surface area contributed by atoms with Gasteiger partial charge in [-0.3, -0.25) is 0 Å². The summed E-state index contributed by atoms with van der Waals surface area (Å²) in [7, 11) is 3.70. The third-order valence-corrected chi connectivity index (χ3v) is 10.0. The Labute approximate surface area is 111 Å². The Hall–Kier alpha value is 0.354. The fourth-order valence-electron chi connectivity index (χ4n) is 3.48. The molecule has 1 saturated carbocycles. The normalized spacial score (nSPS) is 28.9. The van der Waals surface area contributed by atoms with Gasteiger partial charge in [-0.1, -0.05) is 38.8 Å². The Balaban J connectivity index is 2.66. The minimum Gasteiger partial charge on any atom is -0.353 e. The van der Waals surface area contributed by atoms with Gasteiger partial charge in [-0.15, -0.1) is 0 Å². The van der Waals surface area contributed by atoms with Gasteiger partial charge in [-0.25, -0.2) is 0 Å². The van der Waals surface area contributed by atoms with Crippen LogP contribution in [0.2, 0.25) is 23.2 Å². The maximum absolute atomic E-state index is 5.91. The molecule has 2 nitrogen and oxygen atoms in total. The number of hydrogen-bond acceptors (Lipinski definition) is 2. The van der Waals surface area contributed by atoms with E-state index in [-0.39, 0.29) is 24.8 Å². The molecule has 2 atom stereocenters. The van der Waals surface area contributed by atoms with Crippen LogP contribution < -0.4 is 0 Å². The molecule has 0 aromatic heterocycles. The summed E-state index contributed by atoms with van der Waals surface area (Å²) >= 11 is 0. The zero-order valence-electron chi connectivity index (χ0n) is 12.1. The highest BCUT2D eigenvalue weighted by Gasteiger charge is 2.50. The van der Waals surface area contributed by atoms with E-state index in [2.05, 4.69) is 13.8 Å². The van der Waals surface area contributed by atoms with Crippen LogP contribution in [0.1, 0.15) is 39.5 Å². The first-order valence-electron chi connectivity index (χ1n) is 7.35. The molecule has 1 aliphatic carbocycles. The highest BCUT2D eigenvalue weighted by atomic mass is 28.2. The zero-order valence-corrected chi connectivity index (χ0v) is 15.0. The molecule has 0 saturated heterocycles. The molecule has 0 amide bonds. The predicted octanol–water partition coefficient (Wildman–Crippen LogP) is 2.34. The first kappa shape index (κ1) is 15.4. The Morgan fingerprint density at radius 3 is 1.65 bits per heavy atom. The number of rotatable bonds is 8. The fraction of sp³-hybridized carbons (Fsp3) is 1.00. The minimum atomic E-state index is -0.164. The van der Waals surface area contributed by atoms with Crippen molar-refractivity contribution in [1.82, 2.24) is 0 Å². The van der Waals surface area contributed by atoms with Crippen molar-refractivity contribution in [3.05, 3.63) is 0 Å². The molecule has 0 bridgehead atoms. The van der Waals surface area contributed by atoms with Crippen LogP contribution in [0.3, 0.4) is 0 Å². The Bertz CT molecular complexity index is 190. The summed E-state index contributed by atoms with van der Waals surface area (Å²) in [5, 5.41) is 0. The van der Waals surface area contributed by atoms with Crippen molar-refractivity contribution in [2.45, 2.75) is 68.5 Å². The molecule has 0 aromatic carbocycles. The van der Waals surface area contributed by atoms with E-state index in [0.717, 1.165) is 11.1 Å². The Morgan fingerprint density at radius 1 is 0.941 bits per heavy atom. The standard InChI is InChI=1S/C13H30O2Si2/c1-5-9-16-11-7-8-12(17-10-6-2)13(11,14-3)15-4/h11-12H,5-10,16-17H2,1-4H3. The van der Waals surface area contributed by atoms with Crippen LogP contribution in [0.4, 0.5) is 0 Å². The second-order valence-corrected chi connectivity index (χ2v) is 9.93. The lowest BCUT2D eigenvalue weighted by molar-refractivity contribution is -0.199. The summed E-state index contributed by atoms with van der Waals surface area (Å²) in [6.07, 6.45) is 5.41. The van der Waals surface area contributed by atoms with Crippen LogP contribution in [0.25, 0.3) is 0 Å². The quantitative estimate of drug-likeness (QED) is 0.500. The summed E-state index contributed by atoms with van der Waals surface area (Å²) in [6, 6.07) is 2.89. The lowest BCUT2D eigenvalue weighted by Crippen LogP contribution is -2.42. The molecule has 1 fully saturated rings. The SMILES string of the molecule is CCC[SiH2]C1CCC([SiH2]CCC)C1(OC)OC. The second kappa shape index (κ2) is 7.72. The van der Waals surface area contributed by atoms with E-state index in [4.69, 9.17) is 9.47 Å². The summed E-state index contributed by atoms with van der Waals surface area (Å²) in [4.78, 5) is 0. The average molecular weight is 275 g/mol. The van der Waals surface area contributed by atoms with Gasteiger partial charge >= 0.3 is 0 Å². The van der Waals surface area contributed by atoms with Gasteiger partial charge < -0.3 is 9.47 Å². The average Bonchev–Trinajstić information content (AvgIpc) is 2.71. The second-order valence-electron chi connectivity index (χ2n) is 5.39. The van der Waals surface area contributed by atoms with Crippen molar-refractivity contribution in [3.63, 3.8) is 0 Å². The van der Waals surface area contributed by atoms with Gasteiger partial charge in [0.25, 0.3) is 0 Å². The predicted molar refractivity (Wildman–Crippen MR) is 80.8 cm³/mol. The molecule has 1 rings (SSSR count). The van der Waals surface area contributed by atoms with Crippen molar-refractivity contribution in [2.24, 2.45) is 0 Å². The van der Waals surface area contributed by atoms with Crippen molar-refractivity contribution < 1.29 is 9.47 Å². The number of ether oxygens (including phenoxy) is 2. The third kappa shape index (κ3) is 3.43. The lowest BCUT2D eigenvalue weighted by atomic mass is 10.2. The molecule has 102 valence electrons. The lowest BCUT2D eigenvalue weighted by Gasteiger charge is -2.38. The van der Waals surface area contributed by atoms with Crippen LogP contribution in [0, 0.1) is 0 Å². The van der Waals surface area contributed by atoms with Crippen LogP contribution in [0.15, 0.2) is 0 Å². The number of hydrogen-bond donors (Lipinski definition) is 0. The van der Waals surface area contributed by atoms with Gasteiger partial charge in [0, 0.05) is 44.3 Å². The van der Waals surface area contributed by atoms with E-state index in [1.165, 1.54) is 37.8 Å². The van der Waals surface area contributed by atoms with Crippen molar-refractivity contribution in [3.8, 4) is 0 Å². The van der Waals surface area contributed by atoms with Crippen molar-refractivity contribution in [2.75, 3.05) is 14.2 Å². The van der Waals surface area contributed by atoms with Gasteiger partial charge in [0.2, 0.25) is 0 Å². The van der Waals surface area contributed by atoms with Crippen LogP contribution in [0.5, 0.6) is 0 Å². The molecule has 2 unspecified atom stereocenters. The third-order valence-electron chi connectivity index (χ3n) is 4.45. The van der Waals surface area contributed by atoms with E-state index in [1.54, 1.807) is 0 Å². The van der Waals surface area contributed by atoms with Crippen molar-refractivity contribution >= 4 is 19.0 Å². The molecular weight excluding hydrogens is 244 g/mol. The molecule has 4 heteroatoms. The van der Waals surface area contributed by atoms with Gasteiger partial charge in [0.15, 0.2) is 5.79 Å². The maximum Gasteiger partial charge on any atom is 0.167 e. The summed E-state index contributed by atoms with van der Waals surface area (Å²) in [6.45, 7) is 4.60. The summed E-state index contributed by atoms with van der Waals surface area (Å²) < 4.78 is 11.8. The highest BCUT2D eigenvalue weighted by Crippen LogP contribution is 2.51. The molecule has 0 N–H and O–H groups in total. The maximum atomic E-state index is 5.91. The zero-order chi connectivity index (χ0) is 12.7. The van der Waals surface area contributed by atoms with Gasteiger partial charge in [0.05, 0.1) is 0 Å². The van der Waals surface area contributed by atoms with E-state index in [0.29, 0.717) is 0 Å². The molecule has 17 heavy (non-hydrogen) atoms. The van der Waals surface area contributed by atoms with Crippen LogP contribution in [-0.4, -0.2) is 39.0 Å². The van der Waals surface area contributed by atoms with Gasteiger partial charge in [-0.2, -0.15) is 0 Å². The fourth-order valence-corrected chi connectivity index (χ4v) is 8.80. The van der Waals surface area contributed by atoms with E-state index in [9.17, 15) is 0 Å². The molecule has 0 radical (unpaired) electrons. The Morgan fingerprint density at radius 2 is 1.35 bits per heavy atom. The Kier molecular flexibility index (Phi) is 6.99. The molecular formula is C13H30O2Si2. The molecule has 0 aliphatic heterocycles. The van der Waals surface area contributed by atoms with Gasteiger partial charge in [0.1, 0.15) is 0 Å². The van der Waals surface area contributed by atoms with E-state index in [1.807, 2.05) is 14.2 Å². The molecule has 0 heterocycles. The first-order valence-corrected chi connectivity index (χ1v) is 11.0. The van der Waals surface area contributed by atoms with Gasteiger partial charge in [-0.05, 0) is 12.8 Å². The van der Waals surface area contributed by atoms with E-state index >= 15 is 0 Å². The first-order chi connectivity index (χ1) is 8.25. The largest absolute Gasteiger partial charge is 0.353 e. The monoisotopic (exact) mass is 274 g/mol. The van der Waals surface area contributed by atoms with Crippen LogP contribution in [-0.2, 0) is 9.47 Å². The van der Waals surface area contributed by atoms with E-state index < -0.39 is 0 Å².